The summed E-state index contributed by atoms with van der Waals surface area (Å²) in [5.41, 5.74) is 0.157. The maximum absolute atomic E-state index is 6.89. The van der Waals surface area contributed by atoms with Crippen LogP contribution in [0.2, 0.25) is 0 Å². The van der Waals surface area contributed by atoms with Gasteiger partial charge in [-0.1, -0.05) is 33.1 Å². The molecular formula is C19H35NO. The summed E-state index contributed by atoms with van der Waals surface area (Å²) in [5.74, 6) is 1.71. The van der Waals surface area contributed by atoms with Crippen LogP contribution >= 0.6 is 0 Å². The van der Waals surface area contributed by atoms with Crippen LogP contribution < -0.4 is 5.32 Å². The lowest BCUT2D eigenvalue weighted by Crippen LogP contribution is -2.50. The minimum absolute atomic E-state index is 0.157. The molecule has 0 bridgehead atoms. The van der Waals surface area contributed by atoms with E-state index < -0.39 is 0 Å². The Balaban J connectivity index is 1.62. The third-order valence-electron chi connectivity index (χ3n) is 6.24. The van der Waals surface area contributed by atoms with Gasteiger partial charge in [-0.2, -0.15) is 0 Å². The lowest BCUT2D eigenvalue weighted by Gasteiger charge is -2.45. The molecule has 3 aliphatic rings. The fraction of sp³-hybridized carbons (Fsp3) is 1.00. The quantitative estimate of drug-likeness (QED) is 0.768. The van der Waals surface area contributed by atoms with E-state index in [0.29, 0.717) is 6.10 Å². The summed E-state index contributed by atoms with van der Waals surface area (Å²) in [6.07, 6.45) is 15.4. The largest absolute Gasteiger partial charge is 0.370 e. The minimum atomic E-state index is 0.157. The SMILES string of the molecule is CCC1CCCCC1OC1(CNC2CC2)CCC(C)CC1. The summed E-state index contributed by atoms with van der Waals surface area (Å²) >= 11 is 0. The van der Waals surface area contributed by atoms with Gasteiger partial charge < -0.3 is 10.1 Å². The van der Waals surface area contributed by atoms with Crippen LogP contribution in [-0.2, 0) is 4.74 Å². The van der Waals surface area contributed by atoms with Crippen molar-refractivity contribution in [3.8, 4) is 0 Å². The first kappa shape index (κ1) is 15.8. The molecule has 2 unspecified atom stereocenters. The molecule has 0 saturated heterocycles. The Morgan fingerprint density at radius 3 is 2.38 bits per heavy atom. The zero-order chi connectivity index (χ0) is 14.7. The summed E-state index contributed by atoms with van der Waals surface area (Å²) in [7, 11) is 0. The first-order valence-corrected chi connectivity index (χ1v) is 9.62. The topological polar surface area (TPSA) is 21.3 Å². The van der Waals surface area contributed by atoms with Gasteiger partial charge in [0.1, 0.15) is 0 Å². The number of hydrogen-bond acceptors (Lipinski definition) is 2. The van der Waals surface area contributed by atoms with E-state index in [2.05, 4.69) is 19.2 Å². The predicted octanol–water partition coefficient (Wildman–Crippen LogP) is 4.67. The Kier molecular flexibility index (Phi) is 5.27. The Morgan fingerprint density at radius 2 is 1.71 bits per heavy atom. The van der Waals surface area contributed by atoms with E-state index in [0.717, 1.165) is 24.4 Å². The molecule has 2 heteroatoms. The van der Waals surface area contributed by atoms with Crippen molar-refractivity contribution >= 4 is 0 Å². The van der Waals surface area contributed by atoms with Crippen molar-refractivity contribution in [2.24, 2.45) is 11.8 Å². The molecule has 0 aromatic heterocycles. The van der Waals surface area contributed by atoms with E-state index in [1.165, 1.54) is 70.6 Å². The molecule has 2 nitrogen and oxygen atoms in total. The third-order valence-corrected chi connectivity index (χ3v) is 6.24. The normalized spacial score (nSPS) is 41.1. The second-order valence-electron chi connectivity index (χ2n) is 8.13. The lowest BCUT2D eigenvalue weighted by atomic mass is 9.78. The highest BCUT2D eigenvalue weighted by Gasteiger charge is 2.40. The van der Waals surface area contributed by atoms with Crippen LogP contribution in [0.15, 0.2) is 0 Å². The monoisotopic (exact) mass is 293 g/mol. The molecule has 0 aromatic carbocycles. The summed E-state index contributed by atoms with van der Waals surface area (Å²) in [6, 6.07) is 0.804. The Morgan fingerprint density at radius 1 is 1.00 bits per heavy atom. The molecule has 0 heterocycles. The zero-order valence-corrected chi connectivity index (χ0v) is 14.2. The highest BCUT2D eigenvalue weighted by molar-refractivity contribution is 4.94. The van der Waals surface area contributed by atoms with Gasteiger partial charge in [-0.25, -0.2) is 0 Å². The molecule has 3 aliphatic carbocycles. The molecule has 0 spiro atoms. The van der Waals surface area contributed by atoms with Crippen molar-refractivity contribution in [3.63, 3.8) is 0 Å². The highest BCUT2D eigenvalue weighted by Crippen LogP contribution is 2.40. The van der Waals surface area contributed by atoms with Crippen molar-refractivity contribution < 1.29 is 4.74 Å². The Labute approximate surface area is 131 Å². The van der Waals surface area contributed by atoms with Crippen molar-refractivity contribution in [2.45, 2.75) is 102 Å². The van der Waals surface area contributed by atoms with E-state index in [1.807, 2.05) is 0 Å². The number of hydrogen-bond donors (Lipinski definition) is 1. The van der Waals surface area contributed by atoms with Gasteiger partial charge in [-0.05, 0) is 63.2 Å². The van der Waals surface area contributed by atoms with Crippen molar-refractivity contribution in [3.05, 3.63) is 0 Å². The summed E-state index contributed by atoms with van der Waals surface area (Å²) in [5, 5.41) is 3.78. The molecule has 21 heavy (non-hydrogen) atoms. The smallest absolute Gasteiger partial charge is 0.0810 e. The molecule has 0 radical (unpaired) electrons. The van der Waals surface area contributed by atoms with Gasteiger partial charge in [0, 0.05) is 12.6 Å². The van der Waals surface area contributed by atoms with Crippen molar-refractivity contribution in [1.29, 1.82) is 0 Å². The second kappa shape index (κ2) is 7.00. The standard InChI is InChI=1S/C19H35NO/c1-3-16-6-4-5-7-18(16)21-19(14-20-17-8-9-17)12-10-15(2)11-13-19/h15-18,20H,3-14H2,1-2H3. The molecule has 3 rings (SSSR count). The first-order chi connectivity index (χ1) is 10.2. The third kappa shape index (κ3) is 4.22. The van der Waals surface area contributed by atoms with Gasteiger partial charge in [0.2, 0.25) is 0 Å². The fourth-order valence-corrected chi connectivity index (χ4v) is 4.36. The molecule has 0 aliphatic heterocycles. The van der Waals surface area contributed by atoms with E-state index in [9.17, 15) is 0 Å². The molecule has 3 fully saturated rings. The van der Waals surface area contributed by atoms with Gasteiger partial charge in [-0.3, -0.25) is 0 Å². The lowest BCUT2D eigenvalue weighted by molar-refractivity contribution is -0.145. The van der Waals surface area contributed by atoms with Gasteiger partial charge in [0.15, 0.2) is 0 Å². The number of ether oxygens (including phenoxy) is 1. The molecule has 0 amide bonds. The van der Waals surface area contributed by atoms with Crippen molar-refractivity contribution in [2.75, 3.05) is 6.54 Å². The van der Waals surface area contributed by atoms with Crippen LogP contribution in [0.1, 0.15) is 84.5 Å². The Bertz CT molecular complexity index is 318. The molecule has 1 N–H and O–H groups in total. The highest BCUT2D eigenvalue weighted by atomic mass is 16.5. The summed E-state index contributed by atoms with van der Waals surface area (Å²) in [4.78, 5) is 0. The molecule has 0 aromatic rings. The van der Waals surface area contributed by atoms with Gasteiger partial charge in [0.25, 0.3) is 0 Å². The van der Waals surface area contributed by atoms with Crippen LogP contribution in [0, 0.1) is 11.8 Å². The van der Waals surface area contributed by atoms with Crippen LogP contribution in [0.4, 0.5) is 0 Å². The molecule has 122 valence electrons. The van der Waals surface area contributed by atoms with Gasteiger partial charge in [0.05, 0.1) is 11.7 Å². The zero-order valence-electron chi connectivity index (χ0n) is 14.2. The minimum Gasteiger partial charge on any atom is -0.370 e. The number of nitrogens with one attached hydrogen (secondary N) is 1. The van der Waals surface area contributed by atoms with Crippen LogP contribution in [0.5, 0.6) is 0 Å². The second-order valence-corrected chi connectivity index (χ2v) is 8.13. The average molecular weight is 293 g/mol. The molecular weight excluding hydrogens is 258 g/mol. The van der Waals surface area contributed by atoms with Crippen LogP contribution in [0.25, 0.3) is 0 Å². The van der Waals surface area contributed by atoms with Crippen molar-refractivity contribution in [1.82, 2.24) is 5.32 Å². The average Bonchev–Trinajstić information content (AvgIpc) is 3.33. The van der Waals surface area contributed by atoms with E-state index in [-0.39, 0.29) is 5.60 Å². The number of rotatable bonds is 6. The predicted molar refractivity (Wildman–Crippen MR) is 88.5 cm³/mol. The van der Waals surface area contributed by atoms with Crippen LogP contribution in [0.3, 0.4) is 0 Å². The van der Waals surface area contributed by atoms with Crippen LogP contribution in [-0.4, -0.2) is 24.3 Å². The molecule has 2 atom stereocenters. The maximum atomic E-state index is 6.89. The molecule has 3 saturated carbocycles. The summed E-state index contributed by atoms with van der Waals surface area (Å²) < 4.78 is 6.89. The van der Waals surface area contributed by atoms with E-state index >= 15 is 0 Å². The Hall–Kier alpha value is -0.0800. The summed E-state index contributed by atoms with van der Waals surface area (Å²) in [6.45, 7) is 5.87. The first-order valence-electron chi connectivity index (χ1n) is 9.62. The maximum Gasteiger partial charge on any atom is 0.0810 e. The van der Waals surface area contributed by atoms with Gasteiger partial charge >= 0.3 is 0 Å². The van der Waals surface area contributed by atoms with E-state index in [1.54, 1.807) is 0 Å². The van der Waals surface area contributed by atoms with E-state index in [4.69, 9.17) is 4.74 Å². The van der Waals surface area contributed by atoms with Gasteiger partial charge in [-0.15, -0.1) is 0 Å². The fourth-order valence-electron chi connectivity index (χ4n) is 4.36.